The third-order valence-corrected chi connectivity index (χ3v) is 5.44. The Bertz CT molecular complexity index is 1010. The van der Waals surface area contributed by atoms with Crippen LogP contribution in [0.15, 0.2) is 33.5 Å². The van der Waals surface area contributed by atoms with E-state index in [0.29, 0.717) is 11.1 Å². The molecule has 6 N–H and O–H groups in total. The number of ether oxygens (including phenoxy) is 1. The Labute approximate surface area is 177 Å². The maximum Gasteiger partial charge on any atom is 0.336 e. The number of rotatable bonds is 6. The molecule has 1 fully saturated rings. The molecule has 1 saturated heterocycles. The van der Waals surface area contributed by atoms with Crippen molar-refractivity contribution in [2.75, 3.05) is 6.61 Å². The number of amides is 1. The summed E-state index contributed by atoms with van der Waals surface area (Å²) in [5.74, 6) is -2.47. The van der Waals surface area contributed by atoms with Gasteiger partial charge in [-0.3, -0.25) is 4.79 Å². The summed E-state index contributed by atoms with van der Waals surface area (Å²) in [6.45, 7) is 2.20. The minimum absolute atomic E-state index is 0.136. The van der Waals surface area contributed by atoms with Gasteiger partial charge in [-0.05, 0) is 24.1 Å². The van der Waals surface area contributed by atoms with Crippen molar-refractivity contribution in [1.82, 2.24) is 5.32 Å². The van der Waals surface area contributed by atoms with Gasteiger partial charge in [0.25, 0.3) is 0 Å². The lowest BCUT2D eigenvalue weighted by molar-refractivity contribution is -0.300. The van der Waals surface area contributed by atoms with Gasteiger partial charge in [-0.15, -0.1) is 0 Å². The smallest absolute Gasteiger partial charge is 0.336 e. The van der Waals surface area contributed by atoms with Crippen LogP contribution < -0.4 is 10.9 Å². The number of aliphatic hydroxyl groups excluding tert-OH is 4. The summed E-state index contributed by atoms with van der Waals surface area (Å²) >= 11 is 0. The van der Waals surface area contributed by atoms with E-state index in [-0.39, 0.29) is 12.8 Å². The van der Waals surface area contributed by atoms with Crippen molar-refractivity contribution in [2.45, 2.75) is 62.9 Å². The van der Waals surface area contributed by atoms with E-state index >= 15 is 0 Å². The third-order valence-electron chi connectivity index (χ3n) is 5.44. The summed E-state index contributed by atoms with van der Waals surface area (Å²) in [5.41, 5.74) is 1.08. The van der Waals surface area contributed by atoms with Gasteiger partial charge in [-0.2, -0.15) is 0 Å². The first-order valence-electron chi connectivity index (χ1n) is 9.89. The molecule has 6 atom stereocenters. The topological polar surface area (TPSA) is 170 Å². The predicted molar refractivity (Wildman–Crippen MR) is 108 cm³/mol. The van der Waals surface area contributed by atoms with E-state index in [0.717, 1.165) is 10.9 Å². The lowest BCUT2D eigenvalue weighted by Crippen LogP contribution is -2.66. The van der Waals surface area contributed by atoms with Crippen LogP contribution >= 0.6 is 0 Å². The fourth-order valence-electron chi connectivity index (χ4n) is 3.98. The standard InChI is InChI=1S/C21H27NO9/c1-10-5-17(27)30-16-6-12(3-4-13(10)16)7-21(29)8-14(25)18(22-11(2)24)20(31-21)19(28)15(26)9-23/h3-6,14-15,18-20,23,25-26,28-29H,7-9H2,1-2H3,(H,22,24)/t14-,15+,18+,19+,20+,21+/m0/s1. The second kappa shape index (κ2) is 9.03. The van der Waals surface area contributed by atoms with E-state index in [2.05, 4.69) is 5.32 Å². The number of hydrogen-bond donors (Lipinski definition) is 6. The van der Waals surface area contributed by atoms with Crippen LogP contribution in [0.3, 0.4) is 0 Å². The van der Waals surface area contributed by atoms with Crippen molar-refractivity contribution >= 4 is 16.9 Å². The van der Waals surface area contributed by atoms with Crippen LogP contribution in [0, 0.1) is 6.92 Å². The fraction of sp³-hybridized carbons (Fsp3) is 0.524. The Morgan fingerprint density at radius 2 is 2.03 bits per heavy atom. The number of nitrogens with one attached hydrogen (secondary N) is 1. The lowest BCUT2D eigenvalue weighted by atomic mass is 9.86. The maximum absolute atomic E-state index is 11.7. The summed E-state index contributed by atoms with van der Waals surface area (Å²) in [6, 6.07) is 5.26. The Kier molecular flexibility index (Phi) is 6.79. The minimum atomic E-state index is -1.97. The van der Waals surface area contributed by atoms with Gasteiger partial charge < -0.3 is 40.0 Å². The molecule has 170 valence electrons. The first-order chi connectivity index (χ1) is 14.5. The van der Waals surface area contributed by atoms with Crippen LogP contribution in [0.1, 0.15) is 24.5 Å². The fourth-order valence-corrected chi connectivity index (χ4v) is 3.98. The Hall–Kier alpha value is -2.34. The van der Waals surface area contributed by atoms with Crippen LogP contribution in [0.5, 0.6) is 0 Å². The highest BCUT2D eigenvalue weighted by molar-refractivity contribution is 5.80. The van der Waals surface area contributed by atoms with Gasteiger partial charge >= 0.3 is 5.63 Å². The molecule has 2 aromatic rings. The van der Waals surface area contributed by atoms with Gasteiger partial charge in [0.1, 0.15) is 23.9 Å². The molecule has 1 amide bonds. The third kappa shape index (κ3) is 5.12. The number of carbonyl (C=O) groups excluding carboxylic acids is 1. The molecule has 1 aromatic carbocycles. The SMILES string of the molecule is CC(=O)N[C@H]1[C@H]([C@H](O)[C@H](O)CO)O[C@](O)(Cc2ccc3c(C)cc(=O)oc3c2)C[C@@H]1O. The Morgan fingerprint density at radius 3 is 2.68 bits per heavy atom. The van der Waals surface area contributed by atoms with Gasteiger partial charge in [0, 0.05) is 31.2 Å². The molecule has 31 heavy (non-hydrogen) atoms. The number of benzene rings is 1. The van der Waals surface area contributed by atoms with E-state index in [1.807, 2.05) is 0 Å². The van der Waals surface area contributed by atoms with Crippen molar-refractivity contribution in [3.63, 3.8) is 0 Å². The highest BCUT2D eigenvalue weighted by atomic mass is 16.6. The summed E-state index contributed by atoms with van der Waals surface area (Å²) < 4.78 is 10.9. The molecule has 10 nitrogen and oxygen atoms in total. The molecule has 0 aliphatic carbocycles. The zero-order chi connectivity index (χ0) is 22.9. The maximum atomic E-state index is 11.7. The van der Waals surface area contributed by atoms with Crippen molar-refractivity contribution in [2.24, 2.45) is 0 Å². The van der Waals surface area contributed by atoms with Crippen LogP contribution in [0.25, 0.3) is 11.0 Å². The minimum Gasteiger partial charge on any atom is -0.423 e. The van der Waals surface area contributed by atoms with E-state index in [1.165, 1.54) is 13.0 Å². The molecule has 0 spiro atoms. The van der Waals surface area contributed by atoms with Crippen molar-refractivity contribution in [3.05, 3.63) is 45.8 Å². The van der Waals surface area contributed by atoms with Crippen molar-refractivity contribution < 1.29 is 39.5 Å². The Morgan fingerprint density at radius 1 is 1.32 bits per heavy atom. The average Bonchev–Trinajstić information content (AvgIpc) is 2.67. The number of aliphatic hydroxyl groups is 5. The molecule has 0 saturated carbocycles. The molecular formula is C21H27NO9. The van der Waals surface area contributed by atoms with Crippen LogP contribution in [0.4, 0.5) is 0 Å². The van der Waals surface area contributed by atoms with Gasteiger partial charge in [-0.25, -0.2) is 4.79 Å². The molecular weight excluding hydrogens is 410 g/mol. The van der Waals surface area contributed by atoms with Gasteiger partial charge in [0.15, 0.2) is 5.79 Å². The quantitative estimate of drug-likeness (QED) is 0.301. The summed E-state index contributed by atoms with van der Waals surface area (Å²) in [4.78, 5) is 23.2. The normalized spacial score (nSPS) is 28.3. The van der Waals surface area contributed by atoms with Gasteiger partial charge in [-0.1, -0.05) is 12.1 Å². The van der Waals surface area contributed by atoms with Crippen LogP contribution in [-0.2, 0) is 16.0 Å². The molecule has 0 radical (unpaired) electrons. The Balaban J connectivity index is 1.90. The first-order valence-corrected chi connectivity index (χ1v) is 9.89. The molecule has 0 bridgehead atoms. The highest BCUT2D eigenvalue weighted by Crippen LogP contribution is 2.33. The summed E-state index contributed by atoms with van der Waals surface area (Å²) in [5, 5.41) is 54.2. The molecule has 10 heteroatoms. The summed E-state index contributed by atoms with van der Waals surface area (Å²) in [7, 11) is 0. The molecule has 2 heterocycles. The second-order valence-electron chi connectivity index (χ2n) is 8.02. The number of carbonyl (C=O) groups is 1. The predicted octanol–water partition coefficient (Wildman–Crippen LogP) is -1.30. The molecule has 1 aliphatic heterocycles. The van der Waals surface area contributed by atoms with Crippen LogP contribution in [0.2, 0.25) is 0 Å². The van der Waals surface area contributed by atoms with Crippen LogP contribution in [-0.4, -0.2) is 74.3 Å². The molecule has 3 rings (SSSR count). The van der Waals surface area contributed by atoms with Crippen molar-refractivity contribution in [3.8, 4) is 0 Å². The number of hydrogen-bond acceptors (Lipinski definition) is 9. The molecule has 1 aliphatic rings. The summed E-state index contributed by atoms with van der Waals surface area (Å²) in [6.07, 6.45) is -6.46. The van der Waals surface area contributed by atoms with E-state index in [1.54, 1.807) is 25.1 Å². The number of fused-ring (bicyclic) bond motifs is 1. The largest absolute Gasteiger partial charge is 0.423 e. The molecule has 1 aromatic heterocycles. The molecule has 0 unspecified atom stereocenters. The monoisotopic (exact) mass is 437 g/mol. The van der Waals surface area contributed by atoms with E-state index < -0.39 is 54.4 Å². The second-order valence-corrected chi connectivity index (χ2v) is 8.02. The number of aryl methyl sites for hydroxylation is 1. The zero-order valence-corrected chi connectivity index (χ0v) is 17.2. The van der Waals surface area contributed by atoms with Gasteiger partial charge in [0.2, 0.25) is 5.91 Å². The van der Waals surface area contributed by atoms with E-state index in [4.69, 9.17) is 14.3 Å². The van der Waals surface area contributed by atoms with Gasteiger partial charge in [0.05, 0.1) is 18.8 Å². The first kappa shape index (κ1) is 23.3. The highest BCUT2D eigenvalue weighted by Gasteiger charge is 2.49. The van der Waals surface area contributed by atoms with Crippen molar-refractivity contribution in [1.29, 1.82) is 0 Å². The lowest BCUT2D eigenvalue weighted by Gasteiger charge is -2.46. The average molecular weight is 437 g/mol. The zero-order valence-electron chi connectivity index (χ0n) is 17.2. The van der Waals surface area contributed by atoms with E-state index in [9.17, 15) is 30.0 Å².